The van der Waals surface area contributed by atoms with E-state index in [1.807, 2.05) is 44.5 Å². The molecular weight excluding hydrogens is 380 g/mol. The first-order valence-corrected chi connectivity index (χ1v) is 10.9. The molecule has 1 aliphatic rings. The van der Waals surface area contributed by atoms with E-state index >= 15 is 0 Å². The molecular formula is C19H26N4O2S2. The third kappa shape index (κ3) is 4.21. The highest BCUT2D eigenvalue weighted by Crippen LogP contribution is 2.25. The molecule has 2 aromatic heterocycles. The lowest BCUT2D eigenvalue weighted by Crippen LogP contribution is -2.38. The molecule has 0 aliphatic carbocycles. The van der Waals surface area contributed by atoms with Crippen LogP contribution in [0.4, 0.5) is 0 Å². The normalized spacial score (nSPS) is 17.7. The summed E-state index contributed by atoms with van der Waals surface area (Å²) in [7, 11) is 1.87. The van der Waals surface area contributed by atoms with Gasteiger partial charge in [0.1, 0.15) is 9.75 Å². The second kappa shape index (κ2) is 8.06. The Bertz CT molecular complexity index is 858. The SMILES string of the molecule is Cc1nc(C)c(C(=O)N2CCC[C@H](N(C)C(=O)c3sc(C)nc3C)CC2)s1. The summed E-state index contributed by atoms with van der Waals surface area (Å²) in [5.41, 5.74) is 1.61. The number of nitrogens with zero attached hydrogens (tertiary/aromatic N) is 4. The topological polar surface area (TPSA) is 66.4 Å². The van der Waals surface area contributed by atoms with E-state index in [0.717, 1.165) is 57.0 Å². The zero-order valence-electron chi connectivity index (χ0n) is 16.5. The maximum Gasteiger partial charge on any atom is 0.265 e. The lowest BCUT2D eigenvalue weighted by Gasteiger charge is -2.27. The van der Waals surface area contributed by atoms with Crippen molar-refractivity contribution in [3.05, 3.63) is 31.2 Å². The van der Waals surface area contributed by atoms with Crippen LogP contribution in [0.15, 0.2) is 0 Å². The number of likely N-dealkylation sites (tertiary alicyclic amines) is 1. The third-order valence-electron chi connectivity index (χ3n) is 5.05. The number of rotatable bonds is 3. The Morgan fingerprint density at radius 1 is 0.963 bits per heavy atom. The van der Waals surface area contributed by atoms with Crippen molar-refractivity contribution < 1.29 is 9.59 Å². The van der Waals surface area contributed by atoms with Crippen molar-refractivity contribution in [2.45, 2.75) is 53.0 Å². The van der Waals surface area contributed by atoms with Crippen molar-refractivity contribution in [2.75, 3.05) is 20.1 Å². The van der Waals surface area contributed by atoms with Gasteiger partial charge in [0, 0.05) is 26.2 Å². The summed E-state index contributed by atoms with van der Waals surface area (Å²) in [6, 6.07) is 0.140. The standard InChI is InChI=1S/C19H26N4O2S2/c1-11-16(26-13(3)20-11)18(24)22(5)15-7-6-9-23(10-8-15)19(25)17-12(2)21-14(4)27-17/h15H,6-10H2,1-5H3/t15-/m0/s1. The minimum atomic E-state index is 0.0387. The number of amides is 2. The minimum absolute atomic E-state index is 0.0387. The Balaban J connectivity index is 1.67. The van der Waals surface area contributed by atoms with Crippen LogP contribution in [0.2, 0.25) is 0 Å². The van der Waals surface area contributed by atoms with Crippen LogP contribution < -0.4 is 0 Å². The van der Waals surface area contributed by atoms with E-state index in [0.29, 0.717) is 6.54 Å². The van der Waals surface area contributed by atoms with Gasteiger partial charge in [0.15, 0.2) is 0 Å². The van der Waals surface area contributed by atoms with Gasteiger partial charge in [0.05, 0.1) is 21.4 Å². The van der Waals surface area contributed by atoms with Crippen LogP contribution in [-0.4, -0.2) is 57.8 Å². The molecule has 0 aromatic carbocycles. The maximum atomic E-state index is 12.9. The van der Waals surface area contributed by atoms with E-state index in [1.54, 1.807) is 0 Å². The monoisotopic (exact) mass is 406 g/mol. The summed E-state index contributed by atoms with van der Waals surface area (Å²) >= 11 is 2.92. The molecule has 2 amide bonds. The molecule has 0 spiro atoms. The number of hydrogen-bond acceptors (Lipinski definition) is 6. The first-order valence-electron chi connectivity index (χ1n) is 9.22. The molecule has 3 heterocycles. The van der Waals surface area contributed by atoms with Gasteiger partial charge in [0.2, 0.25) is 0 Å². The number of carbonyl (C=O) groups excluding carboxylic acids is 2. The highest BCUT2D eigenvalue weighted by atomic mass is 32.1. The fourth-order valence-electron chi connectivity index (χ4n) is 3.60. The maximum absolute atomic E-state index is 12.9. The van der Waals surface area contributed by atoms with Crippen LogP contribution in [0.25, 0.3) is 0 Å². The van der Waals surface area contributed by atoms with Crippen LogP contribution in [0.3, 0.4) is 0 Å². The van der Waals surface area contributed by atoms with Crippen LogP contribution in [0, 0.1) is 27.7 Å². The zero-order valence-corrected chi connectivity index (χ0v) is 18.2. The van der Waals surface area contributed by atoms with Gasteiger partial charge < -0.3 is 9.80 Å². The van der Waals surface area contributed by atoms with Crippen LogP contribution in [0.1, 0.15) is 60.0 Å². The van der Waals surface area contributed by atoms with Crippen molar-refractivity contribution in [1.82, 2.24) is 19.8 Å². The number of aryl methyl sites for hydroxylation is 4. The number of hydrogen-bond donors (Lipinski definition) is 0. The quantitative estimate of drug-likeness (QED) is 0.781. The molecule has 1 atom stereocenters. The lowest BCUT2D eigenvalue weighted by atomic mass is 10.1. The molecule has 0 N–H and O–H groups in total. The fraction of sp³-hybridized carbons (Fsp3) is 0.579. The van der Waals surface area contributed by atoms with Gasteiger partial charge in [-0.25, -0.2) is 9.97 Å². The van der Waals surface area contributed by atoms with Gasteiger partial charge in [-0.2, -0.15) is 0 Å². The highest BCUT2D eigenvalue weighted by molar-refractivity contribution is 7.14. The summed E-state index contributed by atoms with van der Waals surface area (Å²) in [4.78, 5) is 39.7. The molecule has 1 fully saturated rings. The Morgan fingerprint density at radius 3 is 2.11 bits per heavy atom. The van der Waals surface area contributed by atoms with Crippen molar-refractivity contribution in [2.24, 2.45) is 0 Å². The summed E-state index contributed by atoms with van der Waals surface area (Å²) in [5.74, 6) is 0.110. The highest BCUT2D eigenvalue weighted by Gasteiger charge is 2.29. The summed E-state index contributed by atoms with van der Waals surface area (Å²) < 4.78 is 0. The Morgan fingerprint density at radius 2 is 1.56 bits per heavy atom. The first kappa shape index (κ1) is 19.9. The van der Waals surface area contributed by atoms with Crippen LogP contribution in [0.5, 0.6) is 0 Å². The predicted octanol–water partition coefficient (Wildman–Crippen LogP) is 3.60. The van der Waals surface area contributed by atoms with E-state index in [1.165, 1.54) is 22.7 Å². The van der Waals surface area contributed by atoms with Crippen molar-refractivity contribution in [3.63, 3.8) is 0 Å². The van der Waals surface area contributed by atoms with E-state index in [4.69, 9.17) is 0 Å². The molecule has 0 radical (unpaired) electrons. The average Bonchev–Trinajstić information content (AvgIpc) is 3.02. The molecule has 146 valence electrons. The first-order chi connectivity index (χ1) is 12.8. The van der Waals surface area contributed by atoms with Gasteiger partial charge in [-0.05, 0) is 47.0 Å². The van der Waals surface area contributed by atoms with E-state index in [2.05, 4.69) is 9.97 Å². The fourth-order valence-corrected chi connectivity index (χ4v) is 5.39. The molecule has 0 unspecified atom stereocenters. The van der Waals surface area contributed by atoms with E-state index in [9.17, 15) is 9.59 Å². The number of carbonyl (C=O) groups is 2. The Labute approximate surface area is 168 Å². The Kier molecular flexibility index (Phi) is 5.95. The third-order valence-corrected chi connectivity index (χ3v) is 7.17. The zero-order chi connectivity index (χ0) is 19.7. The molecule has 3 rings (SSSR count). The largest absolute Gasteiger partial charge is 0.338 e. The molecule has 27 heavy (non-hydrogen) atoms. The summed E-state index contributed by atoms with van der Waals surface area (Å²) in [6.07, 6.45) is 2.59. The van der Waals surface area contributed by atoms with Crippen LogP contribution >= 0.6 is 22.7 Å². The predicted molar refractivity (Wildman–Crippen MR) is 109 cm³/mol. The smallest absolute Gasteiger partial charge is 0.265 e. The second-order valence-electron chi connectivity index (χ2n) is 7.09. The van der Waals surface area contributed by atoms with Crippen LogP contribution in [-0.2, 0) is 0 Å². The molecule has 1 saturated heterocycles. The minimum Gasteiger partial charge on any atom is -0.338 e. The van der Waals surface area contributed by atoms with Crippen molar-refractivity contribution in [3.8, 4) is 0 Å². The van der Waals surface area contributed by atoms with Gasteiger partial charge >= 0.3 is 0 Å². The molecule has 1 aliphatic heterocycles. The molecule has 8 heteroatoms. The van der Waals surface area contributed by atoms with Gasteiger partial charge in [0.25, 0.3) is 11.8 Å². The van der Waals surface area contributed by atoms with Gasteiger partial charge in [-0.15, -0.1) is 22.7 Å². The van der Waals surface area contributed by atoms with E-state index < -0.39 is 0 Å². The van der Waals surface area contributed by atoms with E-state index in [-0.39, 0.29) is 17.9 Å². The molecule has 0 bridgehead atoms. The lowest BCUT2D eigenvalue weighted by molar-refractivity contribution is 0.0714. The van der Waals surface area contributed by atoms with Crippen molar-refractivity contribution >= 4 is 34.5 Å². The second-order valence-corrected chi connectivity index (χ2v) is 9.49. The Hall–Kier alpha value is -1.80. The van der Waals surface area contributed by atoms with Crippen molar-refractivity contribution in [1.29, 1.82) is 0 Å². The molecule has 2 aromatic rings. The number of thiazole rings is 2. The average molecular weight is 407 g/mol. The molecule has 0 saturated carbocycles. The van der Waals surface area contributed by atoms with Gasteiger partial charge in [-0.3, -0.25) is 9.59 Å². The summed E-state index contributed by atoms with van der Waals surface area (Å²) in [5, 5.41) is 1.83. The summed E-state index contributed by atoms with van der Waals surface area (Å²) in [6.45, 7) is 9.02. The van der Waals surface area contributed by atoms with Gasteiger partial charge in [-0.1, -0.05) is 0 Å². The number of aromatic nitrogens is 2. The molecule has 6 nitrogen and oxygen atoms in total.